The Bertz CT molecular complexity index is 327. The van der Waals surface area contributed by atoms with Gasteiger partial charge in [-0.1, -0.05) is 18.2 Å². The number of allylic oxidation sites excluding steroid dienone is 1. The molecule has 0 aromatic heterocycles. The molecular weight excluding hydrogens is 164 g/mol. The quantitative estimate of drug-likeness (QED) is 0.661. The van der Waals surface area contributed by atoms with Crippen molar-refractivity contribution in [2.75, 3.05) is 7.11 Å². The van der Waals surface area contributed by atoms with Crippen LogP contribution in [-0.4, -0.2) is 13.4 Å². The Hall–Kier alpha value is -1.57. The first-order valence-corrected chi connectivity index (χ1v) is 4.07. The Morgan fingerprint density at radius 2 is 2.15 bits per heavy atom. The van der Waals surface area contributed by atoms with Crippen molar-refractivity contribution in [1.82, 2.24) is 0 Å². The van der Waals surface area contributed by atoms with Gasteiger partial charge in [0, 0.05) is 0 Å². The van der Waals surface area contributed by atoms with Gasteiger partial charge in [0.05, 0.1) is 12.7 Å². The molecule has 1 aromatic carbocycles. The highest BCUT2D eigenvalue weighted by atomic mass is 16.5. The van der Waals surface area contributed by atoms with Crippen LogP contribution in [0.2, 0.25) is 0 Å². The summed E-state index contributed by atoms with van der Waals surface area (Å²) in [6.07, 6.45) is 4.66. The lowest BCUT2D eigenvalue weighted by Gasteiger charge is -2.03. The summed E-state index contributed by atoms with van der Waals surface area (Å²) in [6, 6.07) is 5.50. The maximum Gasteiger partial charge on any atom is 0.153 e. The molecular formula is C11H12O2. The zero-order valence-corrected chi connectivity index (χ0v) is 7.78. The lowest BCUT2D eigenvalue weighted by Crippen LogP contribution is -1.90. The molecule has 13 heavy (non-hydrogen) atoms. The van der Waals surface area contributed by atoms with Crippen molar-refractivity contribution < 1.29 is 9.53 Å². The summed E-state index contributed by atoms with van der Waals surface area (Å²) in [7, 11) is 1.55. The molecule has 0 heterocycles. The Labute approximate surface area is 77.8 Å². The summed E-state index contributed by atoms with van der Waals surface area (Å²) in [4.78, 5) is 10.6. The highest BCUT2D eigenvalue weighted by Gasteiger charge is 2.00. The topological polar surface area (TPSA) is 26.3 Å². The number of benzene rings is 1. The van der Waals surface area contributed by atoms with E-state index in [1.807, 2.05) is 25.1 Å². The average molecular weight is 176 g/mol. The molecule has 0 unspecified atom stereocenters. The van der Waals surface area contributed by atoms with Crippen molar-refractivity contribution in [2.45, 2.75) is 6.92 Å². The van der Waals surface area contributed by atoms with Gasteiger partial charge in [-0.2, -0.15) is 0 Å². The molecule has 0 amide bonds. The van der Waals surface area contributed by atoms with E-state index in [9.17, 15) is 4.79 Å². The Kier molecular flexibility index (Phi) is 3.26. The van der Waals surface area contributed by atoms with E-state index in [4.69, 9.17) is 4.74 Å². The van der Waals surface area contributed by atoms with Gasteiger partial charge in [0.25, 0.3) is 0 Å². The van der Waals surface area contributed by atoms with Gasteiger partial charge in [0.1, 0.15) is 5.75 Å². The summed E-state index contributed by atoms with van der Waals surface area (Å²) in [5.74, 6) is 0.614. The molecule has 0 radical (unpaired) electrons. The van der Waals surface area contributed by atoms with Crippen molar-refractivity contribution >= 4 is 12.4 Å². The molecule has 2 nitrogen and oxygen atoms in total. The molecule has 0 aliphatic rings. The van der Waals surface area contributed by atoms with Gasteiger partial charge in [-0.15, -0.1) is 0 Å². The molecule has 0 aliphatic carbocycles. The Balaban J connectivity index is 3.12. The lowest BCUT2D eigenvalue weighted by molar-refractivity contribution is 0.112. The first-order valence-electron chi connectivity index (χ1n) is 4.07. The van der Waals surface area contributed by atoms with Crippen molar-refractivity contribution in [2.24, 2.45) is 0 Å². The molecule has 68 valence electrons. The number of ether oxygens (including phenoxy) is 1. The third kappa shape index (κ3) is 2.18. The maximum atomic E-state index is 10.6. The molecule has 0 N–H and O–H groups in total. The first-order chi connectivity index (χ1) is 6.31. The monoisotopic (exact) mass is 176 g/mol. The van der Waals surface area contributed by atoms with Crippen LogP contribution >= 0.6 is 0 Å². The SMILES string of the molecule is C/C=C/c1ccc(OC)c(C=O)c1. The summed E-state index contributed by atoms with van der Waals surface area (Å²) >= 11 is 0. The molecule has 0 bridgehead atoms. The summed E-state index contributed by atoms with van der Waals surface area (Å²) in [5.41, 5.74) is 1.59. The number of aldehydes is 1. The molecule has 0 spiro atoms. The van der Waals surface area contributed by atoms with Crippen molar-refractivity contribution in [3.63, 3.8) is 0 Å². The van der Waals surface area contributed by atoms with Crippen molar-refractivity contribution in [1.29, 1.82) is 0 Å². The molecule has 0 aliphatic heterocycles. The minimum atomic E-state index is 0.582. The molecule has 1 aromatic rings. The van der Waals surface area contributed by atoms with E-state index < -0.39 is 0 Å². The molecule has 0 atom stereocenters. The van der Waals surface area contributed by atoms with E-state index in [2.05, 4.69) is 0 Å². The fourth-order valence-electron chi connectivity index (χ4n) is 1.14. The number of methoxy groups -OCH3 is 1. The highest BCUT2D eigenvalue weighted by molar-refractivity contribution is 5.80. The molecule has 1 rings (SSSR count). The van der Waals surface area contributed by atoms with Gasteiger partial charge >= 0.3 is 0 Å². The number of rotatable bonds is 3. The average Bonchev–Trinajstić information content (AvgIpc) is 2.18. The second-order valence-electron chi connectivity index (χ2n) is 2.62. The van der Waals surface area contributed by atoms with Gasteiger partial charge in [-0.05, 0) is 24.6 Å². The summed E-state index contributed by atoms with van der Waals surface area (Å²) in [6.45, 7) is 1.94. The van der Waals surface area contributed by atoms with E-state index in [0.29, 0.717) is 11.3 Å². The van der Waals surface area contributed by atoms with Gasteiger partial charge < -0.3 is 4.74 Å². The van der Waals surface area contributed by atoms with E-state index >= 15 is 0 Å². The third-order valence-electron chi connectivity index (χ3n) is 1.74. The number of carbonyl (C=O) groups excluding carboxylic acids is 1. The van der Waals surface area contributed by atoms with E-state index in [1.54, 1.807) is 19.2 Å². The predicted octanol–water partition coefficient (Wildman–Crippen LogP) is 2.54. The fraction of sp³-hybridized carbons (Fsp3) is 0.182. The highest BCUT2D eigenvalue weighted by Crippen LogP contribution is 2.18. The third-order valence-corrected chi connectivity index (χ3v) is 1.74. The number of hydrogen-bond acceptors (Lipinski definition) is 2. The van der Waals surface area contributed by atoms with Crippen LogP contribution < -0.4 is 4.74 Å². The van der Waals surface area contributed by atoms with E-state index in [-0.39, 0.29) is 0 Å². The Morgan fingerprint density at radius 3 is 2.69 bits per heavy atom. The van der Waals surface area contributed by atoms with Gasteiger partial charge in [-0.25, -0.2) is 0 Å². The maximum absolute atomic E-state index is 10.6. The van der Waals surface area contributed by atoms with Crippen LogP contribution in [0.25, 0.3) is 6.08 Å². The summed E-state index contributed by atoms with van der Waals surface area (Å²) < 4.78 is 5.01. The van der Waals surface area contributed by atoms with Crippen molar-refractivity contribution in [3.05, 3.63) is 35.4 Å². The zero-order chi connectivity index (χ0) is 9.68. The van der Waals surface area contributed by atoms with Crippen LogP contribution in [0.5, 0.6) is 5.75 Å². The predicted molar refractivity (Wildman–Crippen MR) is 53.1 cm³/mol. The van der Waals surface area contributed by atoms with E-state index in [1.165, 1.54) is 0 Å². The van der Waals surface area contributed by atoms with Crippen LogP contribution in [0.3, 0.4) is 0 Å². The molecule has 0 saturated heterocycles. The normalized spacial score (nSPS) is 10.3. The van der Waals surface area contributed by atoms with Gasteiger partial charge in [-0.3, -0.25) is 4.79 Å². The lowest BCUT2D eigenvalue weighted by atomic mass is 10.1. The Morgan fingerprint density at radius 1 is 1.38 bits per heavy atom. The molecule has 0 fully saturated rings. The summed E-state index contributed by atoms with van der Waals surface area (Å²) in [5, 5.41) is 0. The second-order valence-corrected chi connectivity index (χ2v) is 2.62. The molecule has 2 heteroatoms. The minimum Gasteiger partial charge on any atom is -0.496 e. The minimum absolute atomic E-state index is 0.582. The van der Waals surface area contributed by atoms with Crippen LogP contribution in [-0.2, 0) is 0 Å². The zero-order valence-electron chi connectivity index (χ0n) is 7.78. The largest absolute Gasteiger partial charge is 0.496 e. The van der Waals surface area contributed by atoms with E-state index in [0.717, 1.165) is 11.8 Å². The van der Waals surface area contributed by atoms with Crippen molar-refractivity contribution in [3.8, 4) is 5.75 Å². The number of carbonyl (C=O) groups is 1. The standard InChI is InChI=1S/C11H12O2/c1-3-4-9-5-6-11(13-2)10(7-9)8-12/h3-8H,1-2H3/b4-3+. The fourth-order valence-corrected chi connectivity index (χ4v) is 1.14. The second kappa shape index (κ2) is 4.45. The van der Waals surface area contributed by atoms with Crippen LogP contribution in [0.4, 0.5) is 0 Å². The smallest absolute Gasteiger partial charge is 0.153 e. The van der Waals surface area contributed by atoms with Gasteiger partial charge in [0.2, 0.25) is 0 Å². The van der Waals surface area contributed by atoms with Crippen LogP contribution in [0.1, 0.15) is 22.8 Å². The number of hydrogen-bond donors (Lipinski definition) is 0. The molecule has 0 saturated carbocycles. The van der Waals surface area contributed by atoms with Crippen LogP contribution in [0.15, 0.2) is 24.3 Å². The first kappa shape index (κ1) is 9.52. The van der Waals surface area contributed by atoms with Gasteiger partial charge in [0.15, 0.2) is 6.29 Å². The van der Waals surface area contributed by atoms with Crippen LogP contribution in [0, 0.1) is 0 Å².